The average Bonchev–Trinajstić information content (AvgIpc) is 2.27. The van der Waals surface area contributed by atoms with Crippen molar-refractivity contribution in [1.82, 2.24) is 0 Å². The zero-order valence-electron chi connectivity index (χ0n) is 9.21. The van der Waals surface area contributed by atoms with Gasteiger partial charge < -0.3 is 0 Å². The Kier molecular flexibility index (Phi) is 6.44. The summed E-state index contributed by atoms with van der Waals surface area (Å²) in [6.45, 7) is 0. The zero-order chi connectivity index (χ0) is 13.7. The molecule has 2 nitrogen and oxygen atoms in total. The molecule has 0 heterocycles. The second-order valence-electron chi connectivity index (χ2n) is 3.72. The van der Waals surface area contributed by atoms with E-state index in [4.69, 9.17) is 46.4 Å². The molecule has 0 saturated heterocycles. The largest absolute Gasteiger partial charge is 0.281 e. The highest BCUT2D eigenvalue weighted by Crippen LogP contribution is 2.29. The van der Waals surface area contributed by atoms with E-state index >= 15 is 0 Å². The maximum Gasteiger partial charge on any atom is 0.223 e. The minimum Gasteiger partial charge on any atom is -0.281 e. The second-order valence-corrected chi connectivity index (χ2v) is 5.62. The Balaban J connectivity index is 2.73. The lowest BCUT2D eigenvalue weighted by Crippen LogP contribution is -1.99. The molecule has 0 radical (unpaired) electrons. The van der Waals surface area contributed by atoms with Gasteiger partial charge in [0.05, 0.1) is 10.8 Å². The van der Waals surface area contributed by atoms with E-state index in [1.54, 1.807) is 24.3 Å². The predicted molar refractivity (Wildman–Crippen MR) is 74.6 cm³/mol. The topological polar surface area (TPSA) is 34.1 Å². The molecule has 6 heteroatoms. The van der Waals surface area contributed by atoms with Crippen LogP contribution < -0.4 is 0 Å². The minimum absolute atomic E-state index is 0.0624. The fraction of sp³-hybridized carbons (Fsp3) is 0.333. The van der Waals surface area contributed by atoms with Crippen LogP contribution in [0.1, 0.15) is 34.7 Å². The molecule has 0 saturated carbocycles. The highest BCUT2D eigenvalue weighted by atomic mass is 35.5. The monoisotopic (exact) mass is 326 g/mol. The van der Waals surface area contributed by atoms with Crippen LogP contribution in [0.4, 0.5) is 0 Å². The van der Waals surface area contributed by atoms with E-state index in [2.05, 4.69) is 0 Å². The van der Waals surface area contributed by atoms with E-state index in [9.17, 15) is 9.59 Å². The number of alkyl halides is 2. The molecule has 2 atom stereocenters. The maximum atomic E-state index is 10.7. The van der Waals surface area contributed by atoms with E-state index < -0.39 is 21.2 Å². The molecule has 0 aliphatic heterocycles. The number of hydrogen-bond acceptors (Lipinski definition) is 2. The smallest absolute Gasteiger partial charge is 0.223 e. The van der Waals surface area contributed by atoms with Crippen LogP contribution >= 0.6 is 46.4 Å². The Hall–Kier alpha value is -0.280. The summed E-state index contributed by atoms with van der Waals surface area (Å²) in [7, 11) is 0. The van der Waals surface area contributed by atoms with Crippen molar-refractivity contribution >= 4 is 56.9 Å². The normalized spacial score (nSPS) is 14.0. The van der Waals surface area contributed by atoms with Gasteiger partial charge in [0.1, 0.15) is 0 Å². The van der Waals surface area contributed by atoms with Gasteiger partial charge in [-0.05, 0) is 34.3 Å². The lowest BCUT2D eigenvalue weighted by Gasteiger charge is -2.10. The first-order valence-corrected chi connectivity index (χ1v) is 6.77. The molecule has 2 unspecified atom stereocenters. The first kappa shape index (κ1) is 15.8. The molecule has 0 amide bonds. The van der Waals surface area contributed by atoms with Crippen LogP contribution in [-0.2, 0) is 9.59 Å². The van der Waals surface area contributed by atoms with Crippen molar-refractivity contribution in [3.63, 3.8) is 0 Å². The van der Waals surface area contributed by atoms with Crippen LogP contribution in [0.5, 0.6) is 0 Å². The van der Waals surface area contributed by atoms with E-state index in [-0.39, 0.29) is 12.8 Å². The molecule has 0 spiro atoms. The van der Waals surface area contributed by atoms with Crippen LogP contribution in [0.3, 0.4) is 0 Å². The molecule has 98 valence electrons. The molecule has 1 rings (SSSR count). The highest BCUT2D eigenvalue weighted by Gasteiger charge is 2.14. The van der Waals surface area contributed by atoms with Gasteiger partial charge in [-0.1, -0.05) is 24.3 Å². The van der Waals surface area contributed by atoms with Gasteiger partial charge in [0.15, 0.2) is 0 Å². The van der Waals surface area contributed by atoms with E-state index in [1.807, 2.05) is 0 Å². The molecule has 0 bridgehead atoms. The summed E-state index contributed by atoms with van der Waals surface area (Å²) < 4.78 is 0. The summed E-state index contributed by atoms with van der Waals surface area (Å²) in [6.07, 6.45) is 0.125. The molecule has 18 heavy (non-hydrogen) atoms. The fourth-order valence-electron chi connectivity index (χ4n) is 1.43. The van der Waals surface area contributed by atoms with Crippen LogP contribution in [-0.4, -0.2) is 10.5 Å². The third-order valence-electron chi connectivity index (χ3n) is 2.34. The standard InChI is InChI=1S/C12H10Cl4O2/c13-9(5-11(15)17)7-1-2-8(4-3-7)10(14)6-12(16)18/h1-4,9-10H,5-6H2. The lowest BCUT2D eigenvalue weighted by atomic mass is 10.0. The van der Waals surface area contributed by atoms with Gasteiger partial charge in [0.25, 0.3) is 0 Å². The molecule has 0 aromatic heterocycles. The summed E-state index contributed by atoms with van der Waals surface area (Å²) in [5.41, 5.74) is 1.55. The van der Waals surface area contributed by atoms with E-state index in [0.717, 1.165) is 11.1 Å². The number of carbonyl (C=O) groups is 2. The Bertz CT molecular complexity index is 389. The van der Waals surface area contributed by atoms with E-state index in [1.165, 1.54) is 0 Å². The summed E-state index contributed by atoms with van der Waals surface area (Å²) in [4.78, 5) is 21.5. The van der Waals surface area contributed by atoms with Crippen molar-refractivity contribution in [1.29, 1.82) is 0 Å². The van der Waals surface area contributed by atoms with Gasteiger partial charge in [0.2, 0.25) is 10.5 Å². The Morgan fingerprint density at radius 1 is 0.833 bits per heavy atom. The van der Waals surface area contributed by atoms with Crippen molar-refractivity contribution in [2.75, 3.05) is 0 Å². The van der Waals surface area contributed by atoms with Crippen molar-refractivity contribution in [3.05, 3.63) is 35.4 Å². The third kappa shape index (κ3) is 5.15. The second kappa shape index (κ2) is 7.34. The predicted octanol–water partition coefficient (Wildman–Crippen LogP) is 4.56. The Labute approximate surface area is 125 Å². The van der Waals surface area contributed by atoms with Crippen molar-refractivity contribution in [2.24, 2.45) is 0 Å². The van der Waals surface area contributed by atoms with Crippen molar-refractivity contribution < 1.29 is 9.59 Å². The van der Waals surface area contributed by atoms with E-state index in [0.29, 0.717) is 0 Å². The van der Waals surface area contributed by atoms with Crippen LogP contribution in [0.25, 0.3) is 0 Å². The number of halogens is 4. The van der Waals surface area contributed by atoms with Crippen LogP contribution in [0.2, 0.25) is 0 Å². The highest BCUT2D eigenvalue weighted by molar-refractivity contribution is 6.64. The van der Waals surface area contributed by atoms with Crippen molar-refractivity contribution in [3.8, 4) is 0 Å². The Morgan fingerprint density at radius 3 is 1.33 bits per heavy atom. The van der Waals surface area contributed by atoms with Gasteiger partial charge in [-0.15, -0.1) is 23.2 Å². The lowest BCUT2D eigenvalue weighted by molar-refractivity contribution is -0.112. The third-order valence-corrected chi connectivity index (χ3v) is 3.46. The SMILES string of the molecule is O=C(Cl)CC(Cl)c1ccc(C(Cl)CC(=O)Cl)cc1. The quantitative estimate of drug-likeness (QED) is 0.567. The maximum absolute atomic E-state index is 10.7. The van der Waals surface area contributed by atoms with Gasteiger partial charge >= 0.3 is 0 Å². The molecular weight excluding hydrogens is 318 g/mol. The van der Waals surface area contributed by atoms with Gasteiger partial charge in [-0.2, -0.15) is 0 Å². The van der Waals surface area contributed by atoms with Gasteiger partial charge in [-0.25, -0.2) is 0 Å². The first-order valence-electron chi connectivity index (χ1n) is 5.14. The van der Waals surface area contributed by atoms with Crippen LogP contribution in [0.15, 0.2) is 24.3 Å². The number of benzene rings is 1. The molecule has 0 aliphatic carbocycles. The summed E-state index contributed by atoms with van der Waals surface area (Å²) in [6, 6.07) is 7.00. The molecule has 1 aromatic carbocycles. The number of carbonyl (C=O) groups excluding carboxylic acids is 2. The Morgan fingerprint density at radius 2 is 1.11 bits per heavy atom. The van der Waals surface area contributed by atoms with Crippen molar-refractivity contribution in [2.45, 2.75) is 23.6 Å². The van der Waals surface area contributed by atoms with Crippen LogP contribution in [0, 0.1) is 0 Å². The summed E-state index contributed by atoms with van der Waals surface area (Å²) in [5, 5.41) is -1.90. The summed E-state index contributed by atoms with van der Waals surface area (Å²) >= 11 is 22.5. The number of hydrogen-bond donors (Lipinski definition) is 0. The first-order chi connectivity index (χ1) is 8.40. The molecule has 1 aromatic rings. The van der Waals surface area contributed by atoms with Gasteiger partial charge in [-0.3, -0.25) is 9.59 Å². The minimum atomic E-state index is -0.484. The molecule has 0 aliphatic rings. The molecule has 0 fully saturated rings. The molecular formula is C12H10Cl4O2. The summed E-state index contributed by atoms with van der Waals surface area (Å²) in [5.74, 6) is 0. The average molecular weight is 328 g/mol. The van der Waals surface area contributed by atoms with Gasteiger partial charge in [0, 0.05) is 12.8 Å². The zero-order valence-corrected chi connectivity index (χ0v) is 12.2. The molecule has 0 N–H and O–H groups in total. The fourth-order valence-corrected chi connectivity index (χ4v) is 2.47. The number of rotatable bonds is 6.